The Kier molecular flexibility index (Phi) is 1.47. The van der Waals surface area contributed by atoms with Crippen LogP contribution in [0, 0.1) is 0 Å². The summed E-state index contributed by atoms with van der Waals surface area (Å²) in [4.78, 5) is 0. The van der Waals surface area contributed by atoms with E-state index in [2.05, 4.69) is 23.5 Å². The predicted molar refractivity (Wildman–Crippen MR) is 57.3 cm³/mol. The molecule has 2 aromatic rings. The van der Waals surface area contributed by atoms with Crippen molar-refractivity contribution in [3.63, 3.8) is 0 Å². The standard InChI is InChI=1S/C12H9NO/c1-2-4-10-9(3-1)5-6-11-12(10)13-7-8-14-11/h1-8,13H. The molecular formula is C12H9NO. The quantitative estimate of drug-likeness (QED) is 0.677. The molecule has 0 atom stereocenters. The van der Waals surface area contributed by atoms with Gasteiger partial charge in [-0.1, -0.05) is 30.3 Å². The number of rotatable bonds is 0. The largest absolute Gasteiger partial charge is 0.461 e. The van der Waals surface area contributed by atoms with Crippen LogP contribution in [0.4, 0.5) is 5.69 Å². The molecule has 2 heteroatoms. The Morgan fingerprint density at radius 3 is 2.93 bits per heavy atom. The van der Waals surface area contributed by atoms with Crippen LogP contribution in [0.2, 0.25) is 0 Å². The molecule has 0 saturated heterocycles. The number of benzene rings is 2. The average molecular weight is 183 g/mol. The SMILES string of the molecule is C1=COc2ccc3ccccc3c2N1. The van der Waals surface area contributed by atoms with Crippen LogP contribution < -0.4 is 10.1 Å². The zero-order valence-corrected chi connectivity index (χ0v) is 7.53. The second-order valence-electron chi connectivity index (χ2n) is 3.22. The van der Waals surface area contributed by atoms with Crippen molar-refractivity contribution in [2.45, 2.75) is 0 Å². The first kappa shape index (κ1) is 7.44. The maximum atomic E-state index is 5.39. The molecule has 68 valence electrons. The van der Waals surface area contributed by atoms with E-state index in [4.69, 9.17) is 4.74 Å². The van der Waals surface area contributed by atoms with Crippen molar-refractivity contribution in [2.75, 3.05) is 5.32 Å². The monoisotopic (exact) mass is 183 g/mol. The molecule has 0 amide bonds. The van der Waals surface area contributed by atoms with Crippen LogP contribution in [-0.2, 0) is 0 Å². The van der Waals surface area contributed by atoms with Crippen molar-refractivity contribution in [3.8, 4) is 5.75 Å². The van der Waals surface area contributed by atoms with E-state index < -0.39 is 0 Å². The lowest BCUT2D eigenvalue weighted by Gasteiger charge is -2.15. The number of hydrogen-bond acceptors (Lipinski definition) is 2. The molecule has 0 aliphatic carbocycles. The van der Waals surface area contributed by atoms with Crippen molar-refractivity contribution in [3.05, 3.63) is 48.9 Å². The lowest BCUT2D eigenvalue weighted by atomic mass is 10.1. The van der Waals surface area contributed by atoms with Crippen molar-refractivity contribution in [1.29, 1.82) is 0 Å². The van der Waals surface area contributed by atoms with Gasteiger partial charge in [-0.05, 0) is 11.5 Å². The Bertz CT molecular complexity index is 517. The van der Waals surface area contributed by atoms with E-state index in [1.165, 1.54) is 10.8 Å². The van der Waals surface area contributed by atoms with Crippen LogP contribution in [0.25, 0.3) is 10.8 Å². The number of anilines is 1. The zero-order chi connectivity index (χ0) is 9.38. The fourth-order valence-corrected chi connectivity index (χ4v) is 1.72. The van der Waals surface area contributed by atoms with Gasteiger partial charge in [0.05, 0.1) is 5.69 Å². The van der Waals surface area contributed by atoms with E-state index in [0.717, 1.165) is 11.4 Å². The highest BCUT2D eigenvalue weighted by Gasteiger charge is 2.08. The van der Waals surface area contributed by atoms with Crippen LogP contribution in [0.5, 0.6) is 5.75 Å². The number of hydrogen-bond donors (Lipinski definition) is 1. The summed E-state index contributed by atoms with van der Waals surface area (Å²) < 4.78 is 5.39. The molecule has 0 bridgehead atoms. The fourth-order valence-electron chi connectivity index (χ4n) is 1.72. The molecule has 1 heterocycles. The van der Waals surface area contributed by atoms with Gasteiger partial charge in [0.2, 0.25) is 0 Å². The number of ether oxygens (including phenoxy) is 1. The van der Waals surface area contributed by atoms with Crippen LogP contribution in [0.1, 0.15) is 0 Å². The van der Waals surface area contributed by atoms with Gasteiger partial charge in [-0.2, -0.15) is 0 Å². The highest BCUT2D eigenvalue weighted by molar-refractivity contribution is 5.97. The number of fused-ring (bicyclic) bond motifs is 3. The molecule has 2 aromatic carbocycles. The number of nitrogens with one attached hydrogen (secondary N) is 1. The van der Waals surface area contributed by atoms with Gasteiger partial charge in [-0.3, -0.25) is 0 Å². The van der Waals surface area contributed by atoms with E-state index in [1.54, 1.807) is 12.5 Å². The minimum Gasteiger partial charge on any atom is -0.461 e. The maximum Gasteiger partial charge on any atom is 0.150 e. The normalized spacial score (nSPS) is 13.1. The Hall–Kier alpha value is -1.96. The first-order valence-electron chi connectivity index (χ1n) is 4.55. The van der Waals surface area contributed by atoms with Gasteiger partial charge in [-0.25, -0.2) is 0 Å². The minimum atomic E-state index is 0.881. The topological polar surface area (TPSA) is 21.3 Å². The minimum absolute atomic E-state index is 0.881. The van der Waals surface area contributed by atoms with Crippen molar-refractivity contribution < 1.29 is 4.74 Å². The Morgan fingerprint density at radius 1 is 1.00 bits per heavy atom. The summed E-state index contributed by atoms with van der Waals surface area (Å²) in [6.07, 6.45) is 3.45. The second-order valence-corrected chi connectivity index (χ2v) is 3.22. The summed E-state index contributed by atoms with van der Waals surface area (Å²) in [7, 11) is 0. The fraction of sp³-hybridized carbons (Fsp3) is 0. The van der Waals surface area contributed by atoms with Crippen molar-refractivity contribution >= 4 is 16.5 Å². The molecule has 1 aliphatic heterocycles. The average Bonchev–Trinajstić information content (AvgIpc) is 2.29. The lowest BCUT2D eigenvalue weighted by Crippen LogP contribution is -1.99. The third kappa shape index (κ3) is 0.973. The Labute approximate surface area is 81.8 Å². The van der Waals surface area contributed by atoms with E-state index in [-0.39, 0.29) is 0 Å². The Balaban J connectivity index is 2.37. The summed E-state index contributed by atoms with van der Waals surface area (Å²) in [5, 5.41) is 5.61. The van der Waals surface area contributed by atoms with E-state index in [1.807, 2.05) is 18.2 Å². The first-order valence-corrected chi connectivity index (χ1v) is 4.55. The van der Waals surface area contributed by atoms with Gasteiger partial charge < -0.3 is 10.1 Å². The Morgan fingerprint density at radius 2 is 1.93 bits per heavy atom. The van der Waals surface area contributed by atoms with E-state index in [0.29, 0.717) is 0 Å². The lowest BCUT2D eigenvalue weighted by molar-refractivity contribution is 0.478. The summed E-state index contributed by atoms with van der Waals surface area (Å²) in [6.45, 7) is 0. The molecule has 2 nitrogen and oxygen atoms in total. The van der Waals surface area contributed by atoms with Gasteiger partial charge in [0.25, 0.3) is 0 Å². The summed E-state index contributed by atoms with van der Waals surface area (Å²) in [5.41, 5.74) is 1.05. The molecule has 0 unspecified atom stereocenters. The molecule has 1 N–H and O–H groups in total. The van der Waals surface area contributed by atoms with Crippen molar-refractivity contribution in [1.82, 2.24) is 0 Å². The van der Waals surface area contributed by atoms with Gasteiger partial charge in [0.15, 0.2) is 5.75 Å². The third-order valence-corrected chi connectivity index (χ3v) is 2.38. The van der Waals surface area contributed by atoms with E-state index in [9.17, 15) is 0 Å². The molecule has 14 heavy (non-hydrogen) atoms. The van der Waals surface area contributed by atoms with Crippen LogP contribution in [0.15, 0.2) is 48.9 Å². The van der Waals surface area contributed by atoms with Gasteiger partial charge >= 0.3 is 0 Å². The molecular weight excluding hydrogens is 174 g/mol. The summed E-state index contributed by atoms with van der Waals surface area (Å²) in [5.74, 6) is 0.881. The van der Waals surface area contributed by atoms with Gasteiger partial charge in [0.1, 0.15) is 6.26 Å². The molecule has 0 aromatic heterocycles. The summed E-state index contributed by atoms with van der Waals surface area (Å²) in [6, 6.07) is 12.3. The maximum absolute atomic E-state index is 5.39. The summed E-state index contributed by atoms with van der Waals surface area (Å²) >= 11 is 0. The van der Waals surface area contributed by atoms with E-state index >= 15 is 0 Å². The molecule has 1 aliphatic rings. The van der Waals surface area contributed by atoms with Crippen molar-refractivity contribution in [2.24, 2.45) is 0 Å². The molecule has 0 spiro atoms. The first-order chi connectivity index (χ1) is 6.95. The molecule has 3 rings (SSSR count). The molecule has 0 saturated carbocycles. The smallest absolute Gasteiger partial charge is 0.150 e. The third-order valence-electron chi connectivity index (χ3n) is 2.38. The van der Waals surface area contributed by atoms with Gasteiger partial charge in [0, 0.05) is 11.6 Å². The second kappa shape index (κ2) is 2.77. The van der Waals surface area contributed by atoms with Crippen LogP contribution in [0.3, 0.4) is 0 Å². The van der Waals surface area contributed by atoms with Gasteiger partial charge in [-0.15, -0.1) is 0 Å². The van der Waals surface area contributed by atoms with Crippen LogP contribution in [-0.4, -0.2) is 0 Å². The predicted octanol–water partition coefficient (Wildman–Crippen LogP) is 3.12. The highest BCUT2D eigenvalue weighted by Crippen LogP contribution is 2.34. The zero-order valence-electron chi connectivity index (χ0n) is 7.53. The van der Waals surface area contributed by atoms with Crippen LogP contribution >= 0.6 is 0 Å². The molecule has 0 radical (unpaired) electrons. The molecule has 0 fully saturated rings. The highest BCUT2D eigenvalue weighted by atomic mass is 16.5.